The highest BCUT2D eigenvalue weighted by molar-refractivity contribution is 4.98. The van der Waals surface area contributed by atoms with Gasteiger partial charge in [-0.1, -0.05) is 97.3 Å². The van der Waals surface area contributed by atoms with E-state index in [1.165, 1.54) is 109 Å². The van der Waals surface area contributed by atoms with E-state index in [4.69, 9.17) is 0 Å². The van der Waals surface area contributed by atoms with Gasteiger partial charge in [0.25, 0.3) is 0 Å². The lowest BCUT2D eigenvalue weighted by Crippen LogP contribution is -2.42. The largest absolute Gasteiger partial charge is 0.356 e. The zero-order chi connectivity index (χ0) is 19.7. The Morgan fingerprint density at radius 2 is 1.11 bits per heavy atom. The SMILES string of the molecule is CCCCCCCCCCCCCCC1N(CCCCC)C=CN1C(C)C. The van der Waals surface area contributed by atoms with E-state index in [-0.39, 0.29) is 0 Å². The molecule has 2 heteroatoms. The molecule has 0 saturated heterocycles. The molecule has 0 radical (unpaired) electrons. The summed E-state index contributed by atoms with van der Waals surface area (Å²) >= 11 is 0. The summed E-state index contributed by atoms with van der Waals surface area (Å²) in [7, 11) is 0. The molecular formula is C25H50N2. The van der Waals surface area contributed by atoms with Crippen LogP contribution in [0.15, 0.2) is 12.4 Å². The molecule has 0 spiro atoms. The smallest absolute Gasteiger partial charge is 0.101 e. The molecule has 1 atom stereocenters. The quantitative estimate of drug-likeness (QED) is 0.222. The minimum absolute atomic E-state index is 0.611. The third-order valence-corrected chi connectivity index (χ3v) is 6.09. The van der Waals surface area contributed by atoms with E-state index in [0.717, 1.165) is 0 Å². The van der Waals surface area contributed by atoms with Crippen LogP contribution >= 0.6 is 0 Å². The number of hydrogen-bond donors (Lipinski definition) is 0. The molecule has 2 nitrogen and oxygen atoms in total. The summed E-state index contributed by atoms with van der Waals surface area (Å²) in [5.74, 6) is 0. The van der Waals surface area contributed by atoms with Crippen LogP contribution in [0.1, 0.15) is 130 Å². The molecule has 1 rings (SSSR count). The normalized spacial score (nSPS) is 16.9. The molecule has 0 saturated carbocycles. The fourth-order valence-corrected chi connectivity index (χ4v) is 4.30. The van der Waals surface area contributed by atoms with Gasteiger partial charge in [0.05, 0.1) is 0 Å². The van der Waals surface area contributed by atoms with Crippen molar-refractivity contribution in [1.82, 2.24) is 9.80 Å². The van der Waals surface area contributed by atoms with Crippen LogP contribution in [-0.2, 0) is 0 Å². The Labute approximate surface area is 171 Å². The van der Waals surface area contributed by atoms with E-state index in [1.54, 1.807) is 0 Å². The van der Waals surface area contributed by atoms with Crippen molar-refractivity contribution < 1.29 is 0 Å². The predicted octanol–water partition coefficient (Wildman–Crippen LogP) is 8.09. The third kappa shape index (κ3) is 11.1. The van der Waals surface area contributed by atoms with Crippen LogP contribution in [0.25, 0.3) is 0 Å². The van der Waals surface area contributed by atoms with Gasteiger partial charge < -0.3 is 9.80 Å². The number of nitrogens with zero attached hydrogens (tertiary/aromatic N) is 2. The first-order valence-electron chi connectivity index (χ1n) is 12.4. The lowest BCUT2D eigenvalue weighted by atomic mass is 10.0. The maximum absolute atomic E-state index is 2.61. The summed E-state index contributed by atoms with van der Waals surface area (Å²) in [6.07, 6.45) is 27.9. The molecule has 1 unspecified atom stereocenters. The lowest BCUT2D eigenvalue weighted by molar-refractivity contribution is 0.114. The van der Waals surface area contributed by atoms with Crippen molar-refractivity contribution in [3.05, 3.63) is 12.4 Å². The van der Waals surface area contributed by atoms with Crippen molar-refractivity contribution in [3.8, 4) is 0 Å². The fraction of sp³-hybridized carbons (Fsp3) is 0.920. The zero-order valence-corrected chi connectivity index (χ0v) is 19.2. The highest BCUT2D eigenvalue weighted by Gasteiger charge is 2.26. The molecule has 0 aromatic carbocycles. The Morgan fingerprint density at radius 3 is 1.63 bits per heavy atom. The molecule has 0 aliphatic carbocycles. The van der Waals surface area contributed by atoms with Crippen LogP contribution in [0.3, 0.4) is 0 Å². The molecule has 0 amide bonds. The summed E-state index contributed by atoms with van der Waals surface area (Å²) < 4.78 is 0. The van der Waals surface area contributed by atoms with Gasteiger partial charge in [-0.3, -0.25) is 0 Å². The second-order valence-electron chi connectivity index (χ2n) is 8.94. The first-order chi connectivity index (χ1) is 13.2. The second-order valence-corrected chi connectivity index (χ2v) is 8.94. The molecule has 0 aromatic rings. The molecule has 1 aliphatic heterocycles. The average molecular weight is 379 g/mol. The summed E-state index contributed by atoms with van der Waals surface area (Å²) in [5.41, 5.74) is 0. The van der Waals surface area contributed by atoms with Gasteiger partial charge in [-0.25, -0.2) is 0 Å². The van der Waals surface area contributed by atoms with Crippen LogP contribution in [0.2, 0.25) is 0 Å². The van der Waals surface area contributed by atoms with E-state index < -0.39 is 0 Å². The van der Waals surface area contributed by atoms with E-state index in [2.05, 4.69) is 49.9 Å². The first kappa shape index (κ1) is 24.4. The zero-order valence-electron chi connectivity index (χ0n) is 19.2. The van der Waals surface area contributed by atoms with Crippen LogP contribution in [0.5, 0.6) is 0 Å². The van der Waals surface area contributed by atoms with Crippen molar-refractivity contribution in [2.45, 2.75) is 143 Å². The minimum atomic E-state index is 0.611. The topological polar surface area (TPSA) is 6.48 Å². The monoisotopic (exact) mass is 378 g/mol. The van der Waals surface area contributed by atoms with Gasteiger partial charge in [-0.2, -0.15) is 0 Å². The van der Waals surface area contributed by atoms with Gasteiger partial charge >= 0.3 is 0 Å². The molecule has 160 valence electrons. The van der Waals surface area contributed by atoms with E-state index in [0.29, 0.717) is 12.2 Å². The van der Waals surface area contributed by atoms with E-state index >= 15 is 0 Å². The van der Waals surface area contributed by atoms with Gasteiger partial charge in [-0.15, -0.1) is 0 Å². The fourth-order valence-electron chi connectivity index (χ4n) is 4.30. The summed E-state index contributed by atoms with van der Waals surface area (Å²) in [6, 6.07) is 0.611. The maximum Gasteiger partial charge on any atom is 0.101 e. The molecule has 27 heavy (non-hydrogen) atoms. The molecule has 1 heterocycles. The Hall–Kier alpha value is -0.660. The van der Waals surface area contributed by atoms with Gasteiger partial charge in [0, 0.05) is 25.0 Å². The third-order valence-electron chi connectivity index (χ3n) is 6.09. The Bertz CT molecular complexity index is 350. The highest BCUT2D eigenvalue weighted by Crippen LogP contribution is 2.24. The summed E-state index contributed by atoms with van der Waals surface area (Å²) in [4.78, 5) is 5.18. The van der Waals surface area contributed by atoms with Gasteiger partial charge in [0.2, 0.25) is 0 Å². The summed E-state index contributed by atoms with van der Waals surface area (Å²) in [5, 5.41) is 0. The first-order valence-corrected chi connectivity index (χ1v) is 12.4. The van der Waals surface area contributed by atoms with E-state index in [1.807, 2.05) is 0 Å². The Balaban J connectivity index is 2.07. The van der Waals surface area contributed by atoms with E-state index in [9.17, 15) is 0 Å². The van der Waals surface area contributed by atoms with Crippen molar-refractivity contribution in [3.63, 3.8) is 0 Å². The van der Waals surface area contributed by atoms with Gasteiger partial charge in [-0.05, 0) is 33.1 Å². The molecular weight excluding hydrogens is 328 g/mol. The van der Waals surface area contributed by atoms with Crippen molar-refractivity contribution in [2.24, 2.45) is 0 Å². The highest BCUT2D eigenvalue weighted by atomic mass is 15.4. The maximum atomic E-state index is 2.61. The number of unbranched alkanes of at least 4 members (excludes halogenated alkanes) is 13. The summed E-state index contributed by atoms with van der Waals surface area (Å²) in [6.45, 7) is 10.5. The second kappa shape index (κ2) is 16.3. The minimum Gasteiger partial charge on any atom is -0.356 e. The lowest BCUT2D eigenvalue weighted by Gasteiger charge is -2.35. The van der Waals surface area contributed by atoms with Crippen LogP contribution < -0.4 is 0 Å². The molecule has 0 N–H and O–H groups in total. The number of hydrogen-bond acceptors (Lipinski definition) is 2. The molecule has 1 aliphatic rings. The average Bonchev–Trinajstić information content (AvgIpc) is 3.06. The molecule has 0 fully saturated rings. The van der Waals surface area contributed by atoms with Crippen LogP contribution in [-0.4, -0.2) is 28.6 Å². The standard InChI is InChI=1S/C25H50N2/c1-5-7-9-10-11-12-13-14-15-16-17-18-20-25-26(21-19-8-6-2)22-23-27(25)24(3)4/h22-25H,5-21H2,1-4H3. The molecule has 0 aromatic heterocycles. The van der Waals surface area contributed by atoms with Crippen molar-refractivity contribution >= 4 is 0 Å². The Kier molecular flexibility index (Phi) is 14.7. The van der Waals surface area contributed by atoms with Crippen LogP contribution in [0, 0.1) is 0 Å². The predicted molar refractivity (Wildman–Crippen MR) is 122 cm³/mol. The van der Waals surface area contributed by atoms with Gasteiger partial charge in [0.15, 0.2) is 0 Å². The number of rotatable bonds is 18. The van der Waals surface area contributed by atoms with Gasteiger partial charge in [0.1, 0.15) is 6.17 Å². The Morgan fingerprint density at radius 1 is 0.630 bits per heavy atom. The van der Waals surface area contributed by atoms with Crippen LogP contribution in [0.4, 0.5) is 0 Å². The van der Waals surface area contributed by atoms with Crippen molar-refractivity contribution in [1.29, 1.82) is 0 Å². The molecule has 0 bridgehead atoms. The van der Waals surface area contributed by atoms with Crippen molar-refractivity contribution in [2.75, 3.05) is 6.54 Å².